The second-order valence-corrected chi connectivity index (χ2v) is 8.32. The van der Waals surface area contributed by atoms with E-state index in [1.165, 1.54) is 0 Å². The van der Waals surface area contributed by atoms with E-state index in [1.54, 1.807) is 19.5 Å². The first kappa shape index (κ1) is 23.8. The number of hydrogen-bond donors (Lipinski definition) is 1. The lowest BCUT2D eigenvalue weighted by Crippen LogP contribution is -2.04. The van der Waals surface area contributed by atoms with Gasteiger partial charge in [-0.05, 0) is 92.2 Å². The summed E-state index contributed by atoms with van der Waals surface area (Å²) in [4.78, 5) is 17.4. The molecule has 0 saturated heterocycles. The van der Waals surface area contributed by atoms with Crippen molar-refractivity contribution in [1.29, 1.82) is 0 Å². The number of aliphatic imine (C=N–C) groups is 1. The van der Waals surface area contributed by atoms with Gasteiger partial charge in [0.25, 0.3) is 0 Å². The molecule has 0 aliphatic heterocycles. The molecule has 0 radical (unpaired) electrons. The maximum absolute atomic E-state index is 5.69. The number of anilines is 1. The van der Waals surface area contributed by atoms with Crippen LogP contribution >= 0.6 is 0 Å². The van der Waals surface area contributed by atoms with E-state index in [-0.39, 0.29) is 0 Å². The average Bonchev–Trinajstić information content (AvgIpc) is 2.87. The highest BCUT2D eigenvalue weighted by molar-refractivity contribution is 5.84. The summed E-state index contributed by atoms with van der Waals surface area (Å²) in [5.41, 5.74) is 8.97. The van der Waals surface area contributed by atoms with Crippen molar-refractivity contribution in [3.8, 4) is 16.9 Å². The zero-order chi connectivity index (χ0) is 24.8. The molecule has 1 N–H and O–H groups in total. The number of hydrogen-bond acceptors (Lipinski definition) is 6. The largest absolute Gasteiger partial charge is 0.496 e. The third-order valence-electron chi connectivity index (χ3n) is 5.83. The van der Waals surface area contributed by atoms with Gasteiger partial charge < -0.3 is 10.1 Å². The molecule has 35 heavy (non-hydrogen) atoms. The topological polar surface area (TPSA) is 72.3 Å². The number of aryl methyl sites for hydroxylation is 2. The molecular weight excluding hydrogens is 434 g/mol. The molecule has 0 fully saturated rings. The molecular formula is C29H29N5O. The third-order valence-corrected chi connectivity index (χ3v) is 5.83. The fraction of sp³-hybridized carbons (Fsp3) is 0.172. The lowest BCUT2D eigenvalue weighted by molar-refractivity contribution is 0.416. The highest BCUT2D eigenvalue weighted by atomic mass is 16.5. The van der Waals surface area contributed by atoms with E-state index in [9.17, 15) is 0 Å². The monoisotopic (exact) mass is 463 g/mol. The predicted octanol–water partition coefficient (Wildman–Crippen LogP) is 6.28. The molecule has 0 unspecified atom stereocenters. The molecule has 0 saturated carbocycles. The zero-order valence-corrected chi connectivity index (χ0v) is 20.5. The minimum absolute atomic E-state index is 0.614. The van der Waals surface area contributed by atoms with Gasteiger partial charge in [0, 0.05) is 47.7 Å². The summed E-state index contributed by atoms with van der Waals surface area (Å²) < 4.78 is 5.69. The average molecular weight is 464 g/mol. The van der Waals surface area contributed by atoms with Crippen molar-refractivity contribution in [3.63, 3.8) is 0 Å². The first-order valence-electron chi connectivity index (χ1n) is 11.4. The fourth-order valence-electron chi connectivity index (χ4n) is 3.94. The van der Waals surface area contributed by atoms with E-state index in [1.807, 2.05) is 50.4 Å². The second-order valence-electron chi connectivity index (χ2n) is 8.32. The van der Waals surface area contributed by atoms with Crippen LogP contribution in [0.4, 0.5) is 5.82 Å². The molecule has 176 valence electrons. The van der Waals surface area contributed by atoms with Gasteiger partial charge in [-0.25, -0.2) is 4.98 Å². The van der Waals surface area contributed by atoms with Crippen LogP contribution < -0.4 is 10.1 Å². The van der Waals surface area contributed by atoms with Crippen LogP contribution in [0.15, 0.2) is 72.1 Å². The summed E-state index contributed by atoms with van der Waals surface area (Å²) in [6.45, 7) is 10.4. The lowest BCUT2D eigenvalue weighted by Gasteiger charge is -2.14. The molecule has 0 aliphatic rings. The van der Waals surface area contributed by atoms with Crippen molar-refractivity contribution in [3.05, 3.63) is 101 Å². The van der Waals surface area contributed by atoms with Gasteiger partial charge in [0.1, 0.15) is 11.6 Å². The van der Waals surface area contributed by atoms with Crippen LogP contribution in [-0.4, -0.2) is 28.8 Å². The Morgan fingerprint density at radius 1 is 0.943 bits per heavy atom. The fourth-order valence-corrected chi connectivity index (χ4v) is 3.94. The molecule has 0 aliphatic carbocycles. The quantitative estimate of drug-likeness (QED) is 0.311. The molecule has 0 spiro atoms. The highest BCUT2D eigenvalue weighted by Gasteiger charge is 2.10. The molecule has 3 heterocycles. The molecule has 0 amide bonds. The van der Waals surface area contributed by atoms with Crippen molar-refractivity contribution in [2.75, 3.05) is 12.4 Å². The Morgan fingerprint density at radius 2 is 1.69 bits per heavy atom. The summed E-state index contributed by atoms with van der Waals surface area (Å²) in [5, 5.41) is 3.47. The zero-order valence-electron chi connectivity index (χ0n) is 20.5. The summed E-state index contributed by atoms with van der Waals surface area (Å²) in [6, 6.07) is 16.2. The van der Waals surface area contributed by atoms with Crippen molar-refractivity contribution >= 4 is 24.3 Å². The number of nitrogens with zero attached hydrogens (tertiary/aromatic N) is 4. The molecule has 3 aromatic heterocycles. The maximum Gasteiger partial charge on any atom is 0.129 e. The number of methoxy groups -OCH3 is 1. The standard InChI is InChI=1S/C29H29N5O/c1-19-14-24(9-11-31-19)26-7-6-22(16-28(26)35-5)18-34-29-21(3)23(8-13-33-29)17-27(30-4)25-10-12-32-20(2)15-25/h6-17H,4,18H2,1-3,5H3,(H,33,34)/b27-17-. The molecule has 6 nitrogen and oxygen atoms in total. The molecule has 4 aromatic rings. The number of nitrogens with one attached hydrogen (secondary N) is 1. The van der Waals surface area contributed by atoms with Gasteiger partial charge in [-0.1, -0.05) is 12.1 Å². The normalized spacial score (nSPS) is 11.3. The Morgan fingerprint density at radius 3 is 2.40 bits per heavy atom. The van der Waals surface area contributed by atoms with E-state index in [0.717, 1.165) is 62.0 Å². The molecule has 6 heteroatoms. The van der Waals surface area contributed by atoms with Crippen LogP contribution in [0.2, 0.25) is 0 Å². The molecule has 4 rings (SSSR count). The Labute approximate surface area is 206 Å². The first-order chi connectivity index (χ1) is 17.0. The first-order valence-corrected chi connectivity index (χ1v) is 11.4. The van der Waals surface area contributed by atoms with Gasteiger partial charge in [-0.15, -0.1) is 0 Å². The molecule has 0 bridgehead atoms. The number of pyridine rings is 3. The van der Waals surface area contributed by atoms with Crippen molar-refractivity contribution in [1.82, 2.24) is 15.0 Å². The van der Waals surface area contributed by atoms with Crippen LogP contribution in [0, 0.1) is 20.8 Å². The van der Waals surface area contributed by atoms with Crippen LogP contribution in [-0.2, 0) is 6.54 Å². The Hall–Kier alpha value is -4.32. The Bertz CT molecular complexity index is 1390. The second kappa shape index (κ2) is 10.7. The Kier molecular flexibility index (Phi) is 7.31. The van der Waals surface area contributed by atoms with Crippen molar-refractivity contribution < 1.29 is 4.74 Å². The van der Waals surface area contributed by atoms with E-state index in [2.05, 4.69) is 63.2 Å². The summed E-state index contributed by atoms with van der Waals surface area (Å²) in [6.07, 6.45) is 7.43. The van der Waals surface area contributed by atoms with E-state index in [0.29, 0.717) is 6.54 Å². The number of ether oxygens (including phenoxy) is 1. The predicted molar refractivity (Wildman–Crippen MR) is 144 cm³/mol. The Balaban J connectivity index is 1.56. The van der Waals surface area contributed by atoms with E-state index >= 15 is 0 Å². The van der Waals surface area contributed by atoms with Crippen LogP contribution in [0.1, 0.15) is 33.6 Å². The van der Waals surface area contributed by atoms with Gasteiger partial charge in [-0.2, -0.15) is 0 Å². The number of rotatable bonds is 8. The smallest absolute Gasteiger partial charge is 0.129 e. The molecule has 0 atom stereocenters. The summed E-state index contributed by atoms with van der Waals surface area (Å²) >= 11 is 0. The highest BCUT2D eigenvalue weighted by Crippen LogP contribution is 2.31. The maximum atomic E-state index is 5.69. The van der Waals surface area contributed by atoms with Crippen molar-refractivity contribution in [2.45, 2.75) is 27.3 Å². The van der Waals surface area contributed by atoms with E-state index in [4.69, 9.17) is 4.74 Å². The lowest BCUT2D eigenvalue weighted by atomic mass is 10.0. The minimum Gasteiger partial charge on any atom is -0.496 e. The van der Waals surface area contributed by atoms with Crippen molar-refractivity contribution in [2.24, 2.45) is 4.99 Å². The SMILES string of the molecule is C=N/C(=C\c1ccnc(NCc2ccc(-c3ccnc(C)c3)c(OC)c2)c1C)c1ccnc(C)c1. The van der Waals surface area contributed by atoms with Gasteiger partial charge in [-0.3, -0.25) is 15.0 Å². The van der Waals surface area contributed by atoms with Gasteiger partial charge in [0.05, 0.1) is 12.8 Å². The number of benzene rings is 1. The molecule has 1 aromatic carbocycles. The van der Waals surface area contributed by atoms with Crippen LogP contribution in [0.25, 0.3) is 22.9 Å². The van der Waals surface area contributed by atoms with Gasteiger partial charge in [0.2, 0.25) is 0 Å². The third kappa shape index (κ3) is 5.61. The summed E-state index contributed by atoms with van der Waals surface area (Å²) in [5.74, 6) is 1.64. The van der Waals surface area contributed by atoms with Crippen LogP contribution in [0.3, 0.4) is 0 Å². The summed E-state index contributed by atoms with van der Waals surface area (Å²) in [7, 11) is 1.70. The van der Waals surface area contributed by atoms with E-state index < -0.39 is 0 Å². The number of aromatic nitrogens is 3. The minimum atomic E-state index is 0.614. The van der Waals surface area contributed by atoms with Gasteiger partial charge >= 0.3 is 0 Å². The van der Waals surface area contributed by atoms with Gasteiger partial charge in [0.15, 0.2) is 0 Å². The van der Waals surface area contributed by atoms with Crippen LogP contribution in [0.5, 0.6) is 5.75 Å².